The van der Waals surface area contributed by atoms with E-state index in [-0.39, 0.29) is 12.5 Å². The summed E-state index contributed by atoms with van der Waals surface area (Å²) in [6.45, 7) is 0.412. The number of nitrogens with zero attached hydrogens (tertiary/aromatic N) is 3. The number of H-pyrrole nitrogens is 1. The first-order valence-corrected chi connectivity index (χ1v) is 9.23. The summed E-state index contributed by atoms with van der Waals surface area (Å²) in [5.74, 6) is 0.0634. The van der Waals surface area contributed by atoms with E-state index < -0.39 is 0 Å². The minimum absolute atomic E-state index is 0.00758. The molecule has 2 heterocycles. The van der Waals surface area contributed by atoms with Gasteiger partial charge >= 0.3 is 0 Å². The molecule has 0 atom stereocenters. The topological polar surface area (TPSA) is 86.4 Å². The Morgan fingerprint density at radius 1 is 1.19 bits per heavy atom. The van der Waals surface area contributed by atoms with Crippen LogP contribution in [-0.2, 0) is 6.54 Å². The number of hydrogen-bond acceptors (Lipinski definition) is 4. The summed E-state index contributed by atoms with van der Waals surface area (Å²) in [5, 5.41) is 24.8. The first-order chi connectivity index (χ1) is 13.2. The third kappa shape index (κ3) is 3.51. The molecular formula is C20H17BrN4O2. The lowest BCUT2D eigenvalue weighted by Gasteiger charge is -2.07. The van der Waals surface area contributed by atoms with Gasteiger partial charge in [0.15, 0.2) is 5.88 Å². The SMILES string of the molecule is OCCn1cc(N=C(c2ccccc2)c2c(O)[nH]c3ccc(Br)cc23)cn1. The van der Waals surface area contributed by atoms with Crippen LogP contribution >= 0.6 is 15.9 Å². The van der Waals surface area contributed by atoms with Crippen LogP contribution in [0.5, 0.6) is 5.88 Å². The summed E-state index contributed by atoms with van der Waals surface area (Å²) in [5.41, 5.74) is 3.62. The van der Waals surface area contributed by atoms with Crippen molar-refractivity contribution in [1.29, 1.82) is 0 Å². The van der Waals surface area contributed by atoms with Gasteiger partial charge in [-0.15, -0.1) is 0 Å². The number of halogens is 1. The number of aromatic nitrogens is 3. The van der Waals surface area contributed by atoms with Gasteiger partial charge in [-0.2, -0.15) is 5.10 Å². The number of aliphatic hydroxyl groups excluding tert-OH is 1. The highest BCUT2D eigenvalue weighted by molar-refractivity contribution is 9.10. The summed E-state index contributed by atoms with van der Waals surface area (Å²) in [7, 11) is 0. The highest BCUT2D eigenvalue weighted by Gasteiger charge is 2.19. The van der Waals surface area contributed by atoms with Crippen molar-refractivity contribution in [3.63, 3.8) is 0 Å². The number of aliphatic hydroxyl groups is 1. The summed E-state index contributed by atoms with van der Waals surface area (Å²) >= 11 is 3.50. The number of aliphatic imine (C=N–C) groups is 1. The van der Waals surface area contributed by atoms with Crippen LogP contribution in [0.1, 0.15) is 11.1 Å². The van der Waals surface area contributed by atoms with Crippen molar-refractivity contribution in [2.45, 2.75) is 6.54 Å². The molecule has 2 aromatic carbocycles. The van der Waals surface area contributed by atoms with Crippen molar-refractivity contribution < 1.29 is 10.2 Å². The highest BCUT2D eigenvalue weighted by atomic mass is 79.9. The maximum absolute atomic E-state index is 10.6. The predicted molar refractivity (Wildman–Crippen MR) is 109 cm³/mol. The van der Waals surface area contributed by atoms with Gasteiger partial charge in [-0.05, 0) is 18.2 Å². The fraction of sp³-hybridized carbons (Fsp3) is 0.100. The second-order valence-electron chi connectivity index (χ2n) is 6.05. The first kappa shape index (κ1) is 17.5. The zero-order valence-electron chi connectivity index (χ0n) is 14.3. The van der Waals surface area contributed by atoms with Crippen LogP contribution in [0.3, 0.4) is 0 Å². The van der Waals surface area contributed by atoms with Crippen LogP contribution in [0.25, 0.3) is 10.9 Å². The second-order valence-corrected chi connectivity index (χ2v) is 6.97. The van der Waals surface area contributed by atoms with Gasteiger partial charge in [0.1, 0.15) is 5.69 Å². The van der Waals surface area contributed by atoms with Crippen molar-refractivity contribution in [2.75, 3.05) is 6.61 Å². The molecule has 27 heavy (non-hydrogen) atoms. The van der Waals surface area contributed by atoms with Gasteiger partial charge in [0.05, 0.1) is 36.8 Å². The molecule has 4 aromatic rings. The molecule has 6 nitrogen and oxygen atoms in total. The first-order valence-electron chi connectivity index (χ1n) is 8.43. The molecule has 0 aliphatic heterocycles. The smallest absolute Gasteiger partial charge is 0.199 e. The number of fused-ring (bicyclic) bond motifs is 1. The van der Waals surface area contributed by atoms with E-state index in [2.05, 4.69) is 26.0 Å². The Hall–Kier alpha value is -2.90. The van der Waals surface area contributed by atoms with Crippen LogP contribution < -0.4 is 0 Å². The largest absolute Gasteiger partial charge is 0.494 e. The normalized spacial score (nSPS) is 12.0. The summed E-state index contributed by atoms with van der Waals surface area (Å²) in [6.07, 6.45) is 3.40. The van der Waals surface area contributed by atoms with E-state index in [4.69, 9.17) is 10.1 Å². The average molecular weight is 425 g/mol. The molecule has 3 N–H and O–H groups in total. The Morgan fingerprint density at radius 3 is 2.78 bits per heavy atom. The minimum atomic E-state index is 0.00758. The van der Waals surface area contributed by atoms with Gasteiger partial charge in [0, 0.05) is 20.9 Å². The molecule has 0 amide bonds. The average Bonchev–Trinajstić information content (AvgIpc) is 3.24. The fourth-order valence-corrected chi connectivity index (χ4v) is 3.38. The number of rotatable bonds is 5. The van der Waals surface area contributed by atoms with Crippen LogP contribution in [0.2, 0.25) is 0 Å². The van der Waals surface area contributed by atoms with E-state index in [9.17, 15) is 5.11 Å². The molecular weight excluding hydrogens is 408 g/mol. The molecule has 0 aliphatic carbocycles. The molecule has 0 aliphatic rings. The van der Waals surface area contributed by atoms with E-state index in [0.29, 0.717) is 23.5 Å². The third-order valence-corrected chi connectivity index (χ3v) is 4.71. The van der Waals surface area contributed by atoms with Gasteiger partial charge in [-0.3, -0.25) is 4.68 Å². The molecule has 2 aromatic heterocycles. The maximum atomic E-state index is 10.6. The molecule has 0 spiro atoms. The van der Waals surface area contributed by atoms with Gasteiger partial charge in [0.2, 0.25) is 0 Å². The summed E-state index contributed by atoms with van der Waals surface area (Å²) in [6, 6.07) is 15.5. The predicted octanol–water partition coefficient (Wildman–Crippen LogP) is 3.99. The molecule has 0 fully saturated rings. The lowest BCUT2D eigenvalue weighted by molar-refractivity contribution is 0.269. The summed E-state index contributed by atoms with van der Waals surface area (Å²) in [4.78, 5) is 7.79. The van der Waals surface area contributed by atoms with E-state index in [0.717, 1.165) is 20.9 Å². The fourth-order valence-electron chi connectivity index (χ4n) is 3.01. The van der Waals surface area contributed by atoms with Crippen molar-refractivity contribution in [2.24, 2.45) is 4.99 Å². The van der Waals surface area contributed by atoms with E-state index >= 15 is 0 Å². The molecule has 7 heteroatoms. The molecule has 0 saturated heterocycles. The van der Waals surface area contributed by atoms with E-state index in [1.807, 2.05) is 48.5 Å². The quantitative estimate of drug-likeness (QED) is 0.423. The highest BCUT2D eigenvalue weighted by Crippen LogP contribution is 2.33. The molecule has 0 bridgehead atoms. The van der Waals surface area contributed by atoms with Gasteiger partial charge < -0.3 is 15.2 Å². The van der Waals surface area contributed by atoms with Crippen LogP contribution in [0.4, 0.5) is 5.69 Å². The van der Waals surface area contributed by atoms with E-state index in [1.165, 1.54) is 0 Å². The van der Waals surface area contributed by atoms with Gasteiger partial charge in [0.25, 0.3) is 0 Å². The van der Waals surface area contributed by atoms with Gasteiger partial charge in [-0.1, -0.05) is 46.3 Å². The Morgan fingerprint density at radius 2 is 2.00 bits per heavy atom. The van der Waals surface area contributed by atoms with Crippen LogP contribution in [0.15, 0.2) is 70.4 Å². The van der Waals surface area contributed by atoms with Crippen molar-refractivity contribution in [3.05, 3.63) is 76.5 Å². The number of aromatic hydroxyl groups is 1. The number of benzene rings is 2. The zero-order valence-corrected chi connectivity index (χ0v) is 15.9. The van der Waals surface area contributed by atoms with E-state index in [1.54, 1.807) is 17.1 Å². The Bertz CT molecular complexity index is 1120. The Kier molecular flexibility index (Phi) is 4.79. The summed E-state index contributed by atoms with van der Waals surface area (Å²) < 4.78 is 2.55. The second kappa shape index (κ2) is 7.38. The Balaban J connectivity index is 1.93. The maximum Gasteiger partial charge on any atom is 0.199 e. The molecule has 0 saturated carbocycles. The molecule has 0 radical (unpaired) electrons. The van der Waals surface area contributed by atoms with Crippen molar-refractivity contribution in [3.8, 4) is 5.88 Å². The zero-order chi connectivity index (χ0) is 18.8. The van der Waals surface area contributed by atoms with Crippen molar-refractivity contribution in [1.82, 2.24) is 14.8 Å². The Labute approximate surface area is 163 Å². The lowest BCUT2D eigenvalue weighted by Crippen LogP contribution is -2.03. The third-order valence-electron chi connectivity index (χ3n) is 4.21. The molecule has 136 valence electrons. The minimum Gasteiger partial charge on any atom is -0.494 e. The van der Waals surface area contributed by atoms with Crippen LogP contribution in [-0.4, -0.2) is 37.3 Å². The molecule has 0 unspecified atom stereocenters. The number of aromatic amines is 1. The van der Waals surface area contributed by atoms with Gasteiger partial charge in [-0.25, -0.2) is 4.99 Å². The molecule has 4 rings (SSSR count). The number of nitrogens with one attached hydrogen (secondary N) is 1. The lowest BCUT2D eigenvalue weighted by atomic mass is 10.0. The standard InChI is InChI=1S/C20H17BrN4O2/c21-14-6-7-17-16(10-14)18(20(27)24-17)19(13-4-2-1-3-5-13)23-15-11-22-25(12-15)8-9-26/h1-7,10-12,24,26-27H,8-9H2. The monoisotopic (exact) mass is 424 g/mol. The number of hydrogen-bond donors (Lipinski definition) is 3. The van der Waals surface area contributed by atoms with Crippen LogP contribution in [0, 0.1) is 0 Å². The van der Waals surface area contributed by atoms with Crippen molar-refractivity contribution >= 4 is 38.2 Å².